The highest BCUT2D eigenvalue weighted by Gasteiger charge is 2.40. The Labute approximate surface area is 123 Å². The molecule has 1 aromatic carbocycles. The molecule has 0 N–H and O–H groups in total. The van der Waals surface area contributed by atoms with Crippen LogP contribution >= 0.6 is 0 Å². The Kier molecular flexibility index (Phi) is 4.02. The van der Waals surface area contributed by atoms with Gasteiger partial charge < -0.3 is 9.64 Å². The number of hydrogen-bond donors (Lipinski definition) is 0. The highest BCUT2D eigenvalue weighted by molar-refractivity contribution is 5.35. The third kappa shape index (κ3) is 2.85. The Morgan fingerprint density at radius 1 is 1.35 bits per heavy atom. The number of hydrogen-bond acceptors (Lipinski definition) is 2. The van der Waals surface area contributed by atoms with Gasteiger partial charge in [0, 0.05) is 18.5 Å². The van der Waals surface area contributed by atoms with E-state index in [1.54, 1.807) is 7.11 Å². The second-order valence-electron chi connectivity index (χ2n) is 6.69. The first-order chi connectivity index (χ1) is 9.75. The third-order valence-corrected chi connectivity index (χ3v) is 5.06. The molecule has 2 nitrogen and oxygen atoms in total. The van der Waals surface area contributed by atoms with Crippen molar-refractivity contribution in [2.45, 2.75) is 44.4 Å². The molecule has 0 bridgehead atoms. The zero-order valence-corrected chi connectivity index (χ0v) is 12.9. The molecule has 1 aliphatic carbocycles. The standard InChI is InChI=1S/C18H27NO/c1-3-9-18(16-5-4-6-17(12-16)20-2)10-11-19(14-18)13-15-7-8-15/h4-6,12,15H,3,7-11,13-14H2,1-2H3. The molecule has 1 atom stereocenters. The maximum Gasteiger partial charge on any atom is 0.119 e. The van der Waals surface area contributed by atoms with E-state index >= 15 is 0 Å². The molecular weight excluding hydrogens is 246 g/mol. The van der Waals surface area contributed by atoms with Gasteiger partial charge in [0.25, 0.3) is 0 Å². The SMILES string of the molecule is CCCC1(c2cccc(OC)c2)CCN(CC2CC2)C1. The van der Waals surface area contributed by atoms with E-state index in [0.29, 0.717) is 5.41 Å². The van der Waals surface area contributed by atoms with Gasteiger partial charge in [0.2, 0.25) is 0 Å². The van der Waals surface area contributed by atoms with Gasteiger partial charge in [-0.3, -0.25) is 0 Å². The van der Waals surface area contributed by atoms with Crippen LogP contribution in [0, 0.1) is 5.92 Å². The van der Waals surface area contributed by atoms with Crippen LogP contribution in [0.5, 0.6) is 5.75 Å². The van der Waals surface area contributed by atoms with Crippen molar-refractivity contribution >= 4 is 0 Å². The number of likely N-dealkylation sites (tertiary alicyclic amines) is 1. The molecule has 1 heterocycles. The lowest BCUT2D eigenvalue weighted by Crippen LogP contribution is -2.32. The lowest BCUT2D eigenvalue weighted by Gasteiger charge is -2.30. The average molecular weight is 273 g/mol. The Hall–Kier alpha value is -1.02. The van der Waals surface area contributed by atoms with Crippen molar-refractivity contribution in [3.8, 4) is 5.75 Å². The molecule has 2 fully saturated rings. The van der Waals surface area contributed by atoms with Crippen LogP contribution in [0.25, 0.3) is 0 Å². The summed E-state index contributed by atoms with van der Waals surface area (Å²) in [5.41, 5.74) is 1.84. The Balaban J connectivity index is 1.79. The van der Waals surface area contributed by atoms with Crippen LogP contribution < -0.4 is 4.74 Å². The highest BCUT2D eigenvalue weighted by Crippen LogP contribution is 2.41. The van der Waals surface area contributed by atoms with E-state index in [0.717, 1.165) is 11.7 Å². The molecule has 0 radical (unpaired) electrons. The predicted octanol–water partition coefficient (Wildman–Crippen LogP) is 3.85. The topological polar surface area (TPSA) is 12.5 Å². The number of methoxy groups -OCH3 is 1. The van der Waals surface area contributed by atoms with Crippen molar-refractivity contribution in [1.82, 2.24) is 4.90 Å². The van der Waals surface area contributed by atoms with Gasteiger partial charge in [-0.25, -0.2) is 0 Å². The normalized spacial score (nSPS) is 26.9. The molecule has 2 aliphatic rings. The van der Waals surface area contributed by atoms with Gasteiger partial charge in [-0.2, -0.15) is 0 Å². The van der Waals surface area contributed by atoms with E-state index in [-0.39, 0.29) is 0 Å². The Morgan fingerprint density at radius 2 is 2.20 bits per heavy atom. The highest BCUT2D eigenvalue weighted by atomic mass is 16.5. The molecule has 1 saturated heterocycles. The molecule has 2 heteroatoms. The lowest BCUT2D eigenvalue weighted by atomic mass is 9.76. The Morgan fingerprint density at radius 3 is 2.90 bits per heavy atom. The molecule has 1 aromatic rings. The van der Waals surface area contributed by atoms with Crippen LogP contribution in [0.15, 0.2) is 24.3 Å². The quantitative estimate of drug-likeness (QED) is 0.780. The second-order valence-corrected chi connectivity index (χ2v) is 6.69. The average Bonchev–Trinajstić information content (AvgIpc) is 3.19. The molecule has 0 spiro atoms. The molecule has 1 aliphatic heterocycles. The fourth-order valence-electron chi connectivity index (χ4n) is 3.80. The first kappa shape index (κ1) is 13.9. The van der Waals surface area contributed by atoms with Gasteiger partial charge in [-0.15, -0.1) is 0 Å². The molecular formula is C18H27NO. The van der Waals surface area contributed by atoms with Gasteiger partial charge in [-0.1, -0.05) is 25.5 Å². The molecule has 1 saturated carbocycles. The summed E-state index contributed by atoms with van der Waals surface area (Å²) in [5.74, 6) is 2.00. The molecule has 0 aromatic heterocycles. The van der Waals surface area contributed by atoms with Crippen LogP contribution in [0.1, 0.15) is 44.6 Å². The summed E-state index contributed by atoms with van der Waals surface area (Å²) in [5, 5.41) is 0. The molecule has 20 heavy (non-hydrogen) atoms. The van der Waals surface area contributed by atoms with Gasteiger partial charge in [0.15, 0.2) is 0 Å². The van der Waals surface area contributed by atoms with Crippen molar-refractivity contribution < 1.29 is 4.74 Å². The van der Waals surface area contributed by atoms with Crippen LogP contribution in [0.4, 0.5) is 0 Å². The largest absolute Gasteiger partial charge is 0.497 e. The Bertz CT molecular complexity index is 454. The van der Waals surface area contributed by atoms with Crippen LogP contribution in [0.3, 0.4) is 0 Å². The number of nitrogens with zero attached hydrogens (tertiary/aromatic N) is 1. The van der Waals surface area contributed by atoms with Crippen LogP contribution in [-0.4, -0.2) is 31.6 Å². The van der Waals surface area contributed by atoms with Crippen LogP contribution in [-0.2, 0) is 5.41 Å². The summed E-state index contributed by atoms with van der Waals surface area (Å²) in [6.45, 7) is 6.15. The van der Waals surface area contributed by atoms with Gasteiger partial charge in [0.05, 0.1) is 7.11 Å². The van der Waals surface area contributed by atoms with E-state index in [9.17, 15) is 0 Å². The van der Waals surface area contributed by atoms with Gasteiger partial charge in [-0.05, 0) is 55.8 Å². The van der Waals surface area contributed by atoms with Crippen molar-refractivity contribution in [2.24, 2.45) is 5.92 Å². The van der Waals surface area contributed by atoms with Crippen molar-refractivity contribution in [2.75, 3.05) is 26.7 Å². The summed E-state index contributed by atoms with van der Waals surface area (Å²) >= 11 is 0. The van der Waals surface area contributed by atoms with E-state index in [2.05, 4.69) is 36.1 Å². The predicted molar refractivity (Wildman–Crippen MR) is 83.4 cm³/mol. The molecule has 0 amide bonds. The maximum atomic E-state index is 5.43. The molecule has 110 valence electrons. The monoisotopic (exact) mass is 273 g/mol. The molecule has 3 rings (SSSR count). The smallest absolute Gasteiger partial charge is 0.119 e. The van der Waals surface area contributed by atoms with Crippen molar-refractivity contribution in [3.05, 3.63) is 29.8 Å². The summed E-state index contributed by atoms with van der Waals surface area (Å²) in [7, 11) is 1.76. The fourth-order valence-corrected chi connectivity index (χ4v) is 3.80. The summed E-state index contributed by atoms with van der Waals surface area (Å²) in [4.78, 5) is 2.70. The zero-order chi connectivity index (χ0) is 14.0. The number of benzene rings is 1. The first-order valence-electron chi connectivity index (χ1n) is 8.12. The first-order valence-corrected chi connectivity index (χ1v) is 8.12. The van der Waals surface area contributed by atoms with Gasteiger partial charge >= 0.3 is 0 Å². The minimum absolute atomic E-state index is 0.359. The van der Waals surface area contributed by atoms with E-state index in [4.69, 9.17) is 4.74 Å². The minimum atomic E-state index is 0.359. The minimum Gasteiger partial charge on any atom is -0.497 e. The summed E-state index contributed by atoms with van der Waals surface area (Å²) in [6, 6.07) is 8.77. The second kappa shape index (κ2) is 5.77. The van der Waals surface area contributed by atoms with E-state index in [1.807, 2.05) is 0 Å². The lowest BCUT2D eigenvalue weighted by molar-refractivity contribution is 0.290. The van der Waals surface area contributed by atoms with Crippen molar-refractivity contribution in [3.63, 3.8) is 0 Å². The van der Waals surface area contributed by atoms with Crippen molar-refractivity contribution in [1.29, 1.82) is 0 Å². The fraction of sp³-hybridized carbons (Fsp3) is 0.667. The van der Waals surface area contributed by atoms with Crippen LogP contribution in [0.2, 0.25) is 0 Å². The van der Waals surface area contributed by atoms with E-state index in [1.165, 1.54) is 57.3 Å². The number of rotatable bonds is 6. The summed E-state index contributed by atoms with van der Waals surface area (Å²) < 4.78 is 5.43. The van der Waals surface area contributed by atoms with Gasteiger partial charge in [0.1, 0.15) is 5.75 Å². The maximum absolute atomic E-state index is 5.43. The summed E-state index contributed by atoms with van der Waals surface area (Å²) in [6.07, 6.45) is 6.77. The number of ether oxygens (including phenoxy) is 1. The zero-order valence-electron chi connectivity index (χ0n) is 12.9. The third-order valence-electron chi connectivity index (χ3n) is 5.06. The molecule has 1 unspecified atom stereocenters. The van der Waals surface area contributed by atoms with E-state index < -0.39 is 0 Å².